The number of halogens is 1. The third kappa shape index (κ3) is 3.09. The molecule has 0 amide bonds. The molecule has 0 bridgehead atoms. The molecule has 0 N–H and O–H groups in total. The van der Waals surface area contributed by atoms with Gasteiger partial charge in [-0.1, -0.05) is 94.8 Å². The standard InChI is InChI=1S/C28H17BrN2/c29-21-10-6-9-20(17-21)24-16-14-19-13-15-23-26(18-7-2-1-3-8-18)22-11-4-5-12-25(22)31-28(23)27(19)30-24/h1-17H. The lowest BCUT2D eigenvalue weighted by Gasteiger charge is -2.13. The van der Waals surface area contributed by atoms with Crippen molar-refractivity contribution in [2.45, 2.75) is 0 Å². The Morgan fingerprint density at radius 2 is 1.32 bits per heavy atom. The summed E-state index contributed by atoms with van der Waals surface area (Å²) in [4.78, 5) is 10.1. The van der Waals surface area contributed by atoms with Crippen molar-refractivity contribution in [1.29, 1.82) is 0 Å². The first kappa shape index (κ1) is 18.2. The molecule has 0 saturated carbocycles. The fourth-order valence-corrected chi connectivity index (χ4v) is 4.66. The molecule has 6 rings (SSSR count). The molecule has 0 spiro atoms. The first-order valence-electron chi connectivity index (χ1n) is 10.2. The summed E-state index contributed by atoms with van der Waals surface area (Å²) < 4.78 is 1.04. The van der Waals surface area contributed by atoms with Crippen LogP contribution < -0.4 is 0 Å². The Kier molecular flexibility index (Phi) is 4.29. The maximum atomic E-state index is 5.07. The Hall–Kier alpha value is -3.56. The molecular weight excluding hydrogens is 444 g/mol. The van der Waals surface area contributed by atoms with E-state index in [0.717, 1.165) is 48.4 Å². The van der Waals surface area contributed by atoms with Crippen LogP contribution in [0.15, 0.2) is 108 Å². The number of hydrogen-bond donors (Lipinski definition) is 0. The van der Waals surface area contributed by atoms with Crippen LogP contribution in [0.25, 0.3) is 55.1 Å². The highest BCUT2D eigenvalue weighted by Crippen LogP contribution is 2.37. The summed E-state index contributed by atoms with van der Waals surface area (Å²) in [5, 5.41) is 3.37. The Labute approximate surface area is 188 Å². The average molecular weight is 461 g/mol. The molecular formula is C28H17BrN2. The van der Waals surface area contributed by atoms with Crippen molar-refractivity contribution in [3.05, 3.63) is 108 Å². The van der Waals surface area contributed by atoms with Crippen LogP contribution in [0.4, 0.5) is 0 Å². The van der Waals surface area contributed by atoms with E-state index in [9.17, 15) is 0 Å². The maximum Gasteiger partial charge on any atom is 0.0978 e. The third-order valence-electron chi connectivity index (χ3n) is 5.69. The number of aromatic nitrogens is 2. The summed E-state index contributed by atoms with van der Waals surface area (Å²) in [5.41, 5.74) is 7.27. The van der Waals surface area contributed by atoms with E-state index in [1.165, 1.54) is 11.1 Å². The van der Waals surface area contributed by atoms with Crippen molar-refractivity contribution in [3.8, 4) is 22.4 Å². The quantitative estimate of drug-likeness (QED) is 0.193. The third-order valence-corrected chi connectivity index (χ3v) is 6.19. The van der Waals surface area contributed by atoms with E-state index in [1.807, 2.05) is 18.2 Å². The van der Waals surface area contributed by atoms with Gasteiger partial charge in [-0.05, 0) is 29.8 Å². The zero-order chi connectivity index (χ0) is 20.8. The molecule has 0 radical (unpaired) electrons. The van der Waals surface area contributed by atoms with E-state index >= 15 is 0 Å². The van der Waals surface area contributed by atoms with Crippen LogP contribution in [-0.4, -0.2) is 9.97 Å². The van der Waals surface area contributed by atoms with Crippen LogP contribution in [0.1, 0.15) is 0 Å². The Morgan fingerprint density at radius 3 is 2.19 bits per heavy atom. The van der Waals surface area contributed by atoms with Crippen molar-refractivity contribution in [2.75, 3.05) is 0 Å². The molecule has 31 heavy (non-hydrogen) atoms. The van der Waals surface area contributed by atoms with Gasteiger partial charge in [0.1, 0.15) is 0 Å². The zero-order valence-electron chi connectivity index (χ0n) is 16.6. The second-order valence-electron chi connectivity index (χ2n) is 7.61. The fraction of sp³-hybridized carbons (Fsp3) is 0. The highest BCUT2D eigenvalue weighted by atomic mass is 79.9. The molecule has 0 fully saturated rings. The summed E-state index contributed by atoms with van der Waals surface area (Å²) in [6.45, 7) is 0. The van der Waals surface area contributed by atoms with Gasteiger partial charge in [-0.2, -0.15) is 0 Å². The van der Waals surface area contributed by atoms with Gasteiger partial charge >= 0.3 is 0 Å². The molecule has 2 nitrogen and oxygen atoms in total. The van der Waals surface area contributed by atoms with Gasteiger partial charge in [0.05, 0.1) is 22.2 Å². The lowest BCUT2D eigenvalue weighted by atomic mass is 9.95. The van der Waals surface area contributed by atoms with Gasteiger partial charge in [-0.15, -0.1) is 0 Å². The second-order valence-corrected chi connectivity index (χ2v) is 8.53. The van der Waals surface area contributed by atoms with Crippen molar-refractivity contribution in [3.63, 3.8) is 0 Å². The number of hydrogen-bond acceptors (Lipinski definition) is 2. The van der Waals surface area contributed by atoms with Crippen LogP contribution in [0, 0.1) is 0 Å². The molecule has 146 valence electrons. The molecule has 0 aliphatic rings. The summed E-state index contributed by atoms with van der Waals surface area (Å²) in [5.74, 6) is 0. The van der Waals surface area contributed by atoms with Gasteiger partial charge in [0, 0.05) is 31.8 Å². The van der Waals surface area contributed by atoms with Gasteiger partial charge in [-0.25, -0.2) is 9.97 Å². The molecule has 0 saturated heterocycles. The first-order valence-corrected chi connectivity index (χ1v) is 11.0. The van der Waals surface area contributed by atoms with Crippen molar-refractivity contribution >= 4 is 48.6 Å². The molecule has 3 heteroatoms. The fourth-order valence-electron chi connectivity index (χ4n) is 4.26. The summed E-state index contributed by atoms with van der Waals surface area (Å²) in [7, 11) is 0. The SMILES string of the molecule is Brc1cccc(-c2ccc3ccc4c(-c5ccccc5)c5ccccc5nc4c3n2)c1. The van der Waals surface area contributed by atoms with Crippen molar-refractivity contribution in [2.24, 2.45) is 0 Å². The van der Waals surface area contributed by atoms with Crippen molar-refractivity contribution < 1.29 is 0 Å². The second kappa shape index (κ2) is 7.29. The van der Waals surface area contributed by atoms with Gasteiger partial charge in [0.25, 0.3) is 0 Å². The Bertz CT molecular complexity index is 1590. The molecule has 2 heterocycles. The molecule has 2 aromatic heterocycles. The normalized spacial score (nSPS) is 11.4. The maximum absolute atomic E-state index is 5.07. The molecule has 6 aromatic rings. The smallest absolute Gasteiger partial charge is 0.0978 e. The van der Waals surface area contributed by atoms with Crippen LogP contribution in [0.2, 0.25) is 0 Å². The summed E-state index contributed by atoms with van der Waals surface area (Å²) >= 11 is 3.57. The van der Waals surface area contributed by atoms with Crippen LogP contribution >= 0.6 is 15.9 Å². The number of rotatable bonds is 2. The molecule has 0 aliphatic heterocycles. The summed E-state index contributed by atoms with van der Waals surface area (Å²) in [6, 6.07) is 35.7. The minimum absolute atomic E-state index is 0.929. The molecule has 0 aliphatic carbocycles. The van der Waals surface area contributed by atoms with E-state index in [4.69, 9.17) is 9.97 Å². The largest absolute Gasteiger partial charge is 0.245 e. The Balaban J connectivity index is 1.73. The predicted octanol–water partition coefficient (Wildman–Crippen LogP) is 8.03. The minimum Gasteiger partial charge on any atom is -0.245 e. The monoisotopic (exact) mass is 460 g/mol. The molecule has 4 aromatic carbocycles. The minimum atomic E-state index is 0.929. The number of nitrogens with zero attached hydrogens (tertiary/aromatic N) is 2. The number of para-hydroxylation sites is 1. The highest BCUT2D eigenvalue weighted by Gasteiger charge is 2.14. The van der Waals surface area contributed by atoms with Gasteiger partial charge in [0.15, 0.2) is 0 Å². The number of benzene rings is 4. The van der Waals surface area contributed by atoms with Gasteiger partial charge < -0.3 is 0 Å². The van der Waals surface area contributed by atoms with Gasteiger partial charge in [-0.3, -0.25) is 0 Å². The van der Waals surface area contributed by atoms with E-state index in [1.54, 1.807) is 0 Å². The van der Waals surface area contributed by atoms with E-state index in [0.29, 0.717) is 0 Å². The van der Waals surface area contributed by atoms with Crippen LogP contribution in [0.3, 0.4) is 0 Å². The number of pyridine rings is 2. The lowest BCUT2D eigenvalue weighted by Crippen LogP contribution is -1.93. The van der Waals surface area contributed by atoms with E-state index in [-0.39, 0.29) is 0 Å². The molecule has 0 atom stereocenters. The zero-order valence-corrected chi connectivity index (χ0v) is 18.2. The number of fused-ring (bicyclic) bond motifs is 4. The first-order chi connectivity index (χ1) is 15.3. The summed E-state index contributed by atoms with van der Waals surface area (Å²) in [6.07, 6.45) is 0. The van der Waals surface area contributed by atoms with Crippen LogP contribution in [-0.2, 0) is 0 Å². The van der Waals surface area contributed by atoms with Gasteiger partial charge in [0.2, 0.25) is 0 Å². The predicted molar refractivity (Wildman–Crippen MR) is 133 cm³/mol. The highest BCUT2D eigenvalue weighted by molar-refractivity contribution is 9.10. The van der Waals surface area contributed by atoms with Crippen LogP contribution in [0.5, 0.6) is 0 Å². The van der Waals surface area contributed by atoms with E-state index < -0.39 is 0 Å². The topological polar surface area (TPSA) is 25.8 Å². The lowest BCUT2D eigenvalue weighted by molar-refractivity contribution is 1.39. The van der Waals surface area contributed by atoms with E-state index in [2.05, 4.69) is 101 Å². The van der Waals surface area contributed by atoms with Crippen molar-refractivity contribution in [1.82, 2.24) is 9.97 Å². The average Bonchev–Trinajstić information content (AvgIpc) is 2.82. The Morgan fingerprint density at radius 1 is 0.548 bits per heavy atom. The molecule has 0 unspecified atom stereocenters.